The minimum absolute atomic E-state index is 0.418. The number of hydrazone groups is 1. The normalized spacial score (nSPS) is 16.8. The number of benzene rings is 2. The Kier molecular flexibility index (Phi) is 5.37. The molecular formula is C23H26N8. The summed E-state index contributed by atoms with van der Waals surface area (Å²) >= 11 is 0. The molecule has 3 aromatic rings. The van der Waals surface area contributed by atoms with E-state index >= 15 is 0 Å². The highest BCUT2D eigenvalue weighted by molar-refractivity contribution is 6.12. The van der Waals surface area contributed by atoms with Gasteiger partial charge in [0.25, 0.3) is 0 Å². The molecule has 158 valence electrons. The van der Waals surface area contributed by atoms with E-state index in [0.717, 1.165) is 38.0 Å². The molecule has 31 heavy (non-hydrogen) atoms. The molecule has 4 N–H and O–H groups in total. The third-order valence-corrected chi connectivity index (χ3v) is 5.86. The van der Waals surface area contributed by atoms with Crippen molar-refractivity contribution in [3.05, 3.63) is 78.0 Å². The molecule has 0 unspecified atom stereocenters. The number of nitrogens with one attached hydrogen (secondary N) is 2. The van der Waals surface area contributed by atoms with Crippen LogP contribution in [0.1, 0.15) is 24.0 Å². The highest BCUT2D eigenvalue weighted by atomic mass is 15.8. The molecule has 1 fully saturated rings. The van der Waals surface area contributed by atoms with Crippen LogP contribution in [0.2, 0.25) is 0 Å². The summed E-state index contributed by atoms with van der Waals surface area (Å²) < 4.78 is 0. The Labute approximate surface area is 181 Å². The zero-order valence-electron chi connectivity index (χ0n) is 17.3. The lowest BCUT2D eigenvalue weighted by Crippen LogP contribution is -2.41. The number of amidine groups is 1. The standard InChI is InChI=1S/C23H26N8/c24-21-20(22-27-28-29-31(22)19-9-5-2-6-10-19)16-25-23(26-21)30-13-11-18(12-14-30)15-17-7-3-1-4-8-17/h1-10,16,18,28-29H,11-15H2,(H2,24,25,26). The summed E-state index contributed by atoms with van der Waals surface area (Å²) in [4.78, 5) is 11.5. The molecule has 0 radical (unpaired) electrons. The van der Waals surface area contributed by atoms with Crippen molar-refractivity contribution in [3.8, 4) is 0 Å². The van der Waals surface area contributed by atoms with E-state index in [9.17, 15) is 0 Å². The first-order valence-electron chi connectivity index (χ1n) is 10.6. The maximum atomic E-state index is 6.34. The van der Waals surface area contributed by atoms with Crippen LogP contribution < -0.4 is 26.7 Å². The molecule has 3 heterocycles. The van der Waals surface area contributed by atoms with Crippen LogP contribution in [0, 0.1) is 5.92 Å². The monoisotopic (exact) mass is 414 g/mol. The second kappa shape index (κ2) is 8.61. The fraction of sp³-hybridized carbons (Fsp3) is 0.261. The number of hydrazine groups is 2. The molecule has 0 saturated carbocycles. The molecule has 1 aromatic heterocycles. The first kappa shape index (κ1) is 19.3. The smallest absolute Gasteiger partial charge is 0.227 e. The van der Waals surface area contributed by atoms with Crippen LogP contribution in [0.3, 0.4) is 0 Å². The minimum atomic E-state index is 0.418. The van der Waals surface area contributed by atoms with Crippen LogP contribution >= 0.6 is 0 Å². The number of anilines is 3. The summed E-state index contributed by atoms with van der Waals surface area (Å²) in [5.74, 6) is 2.43. The largest absolute Gasteiger partial charge is 0.383 e. The summed E-state index contributed by atoms with van der Waals surface area (Å²) in [6.07, 6.45) is 5.15. The molecule has 8 nitrogen and oxygen atoms in total. The number of hydrogen-bond donors (Lipinski definition) is 3. The zero-order chi connectivity index (χ0) is 21.0. The van der Waals surface area contributed by atoms with Gasteiger partial charge in [-0.05, 0) is 42.9 Å². The highest BCUT2D eigenvalue weighted by Gasteiger charge is 2.26. The molecule has 0 bridgehead atoms. The van der Waals surface area contributed by atoms with E-state index in [2.05, 4.69) is 61.4 Å². The molecule has 2 aliphatic heterocycles. The topological polar surface area (TPSA) is 94.7 Å². The SMILES string of the molecule is Nc1nc(N2CCC(Cc3ccccc3)CC2)ncc1C1=NNNN1c1ccccc1. The Bertz CT molecular complexity index is 1050. The number of piperidine rings is 1. The average Bonchev–Trinajstić information content (AvgIpc) is 3.30. The van der Waals surface area contributed by atoms with Gasteiger partial charge in [-0.25, -0.2) is 15.5 Å². The van der Waals surface area contributed by atoms with Gasteiger partial charge in [0.1, 0.15) is 5.82 Å². The molecule has 8 heteroatoms. The van der Waals surface area contributed by atoms with Crippen molar-refractivity contribution < 1.29 is 0 Å². The number of para-hydroxylation sites is 1. The van der Waals surface area contributed by atoms with E-state index in [0.29, 0.717) is 29.1 Å². The number of nitrogens with two attached hydrogens (primary N) is 1. The Morgan fingerprint density at radius 1 is 0.968 bits per heavy atom. The summed E-state index contributed by atoms with van der Waals surface area (Å²) in [5, 5.41) is 6.15. The minimum Gasteiger partial charge on any atom is -0.383 e. The number of hydrogen-bond acceptors (Lipinski definition) is 8. The third-order valence-electron chi connectivity index (χ3n) is 5.86. The summed E-state index contributed by atoms with van der Waals surface area (Å²) in [7, 11) is 0. The van der Waals surface area contributed by atoms with Gasteiger partial charge in [-0.15, -0.1) is 10.6 Å². The average molecular weight is 415 g/mol. The van der Waals surface area contributed by atoms with Gasteiger partial charge in [0.05, 0.1) is 11.3 Å². The molecule has 0 amide bonds. The molecule has 1 saturated heterocycles. The maximum Gasteiger partial charge on any atom is 0.227 e. The Hall–Kier alpha value is -3.65. The lowest BCUT2D eigenvalue weighted by Gasteiger charge is -2.32. The number of rotatable bonds is 5. The second-order valence-electron chi connectivity index (χ2n) is 7.92. The van der Waals surface area contributed by atoms with Crippen molar-refractivity contribution in [3.63, 3.8) is 0 Å². The Morgan fingerprint density at radius 3 is 2.39 bits per heavy atom. The lowest BCUT2D eigenvalue weighted by molar-refractivity contribution is 0.400. The van der Waals surface area contributed by atoms with E-state index in [4.69, 9.17) is 5.73 Å². The molecule has 0 atom stereocenters. The quantitative estimate of drug-likeness (QED) is 0.591. The fourth-order valence-corrected chi connectivity index (χ4v) is 4.17. The van der Waals surface area contributed by atoms with Crippen LogP contribution in [0.4, 0.5) is 17.5 Å². The zero-order valence-corrected chi connectivity index (χ0v) is 17.3. The molecule has 0 aliphatic carbocycles. The second-order valence-corrected chi connectivity index (χ2v) is 7.92. The first-order valence-corrected chi connectivity index (χ1v) is 10.6. The Morgan fingerprint density at radius 2 is 1.68 bits per heavy atom. The van der Waals surface area contributed by atoms with E-state index < -0.39 is 0 Å². The van der Waals surface area contributed by atoms with Gasteiger partial charge in [0.2, 0.25) is 5.95 Å². The van der Waals surface area contributed by atoms with Crippen molar-refractivity contribution in [2.45, 2.75) is 19.3 Å². The first-order chi connectivity index (χ1) is 15.3. The fourth-order valence-electron chi connectivity index (χ4n) is 4.17. The van der Waals surface area contributed by atoms with Gasteiger partial charge in [-0.1, -0.05) is 48.5 Å². The number of nitrogen functional groups attached to an aromatic ring is 1. The van der Waals surface area contributed by atoms with Gasteiger partial charge in [0.15, 0.2) is 5.84 Å². The maximum absolute atomic E-state index is 6.34. The molecule has 2 aromatic carbocycles. The van der Waals surface area contributed by atoms with Crippen molar-refractivity contribution in [2.24, 2.45) is 11.0 Å². The van der Waals surface area contributed by atoms with Gasteiger partial charge in [-0.3, -0.25) is 0 Å². The predicted octanol–water partition coefficient (Wildman–Crippen LogP) is 2.71. The van der Waals surface area contributed by atoms with Crippen LogP contribution in [0.25, 0.3) is 0 Å². The van der Waals surface area contributed by atoms with Crippen LogP contribution in [0.5, 0.6) is 0 Å². The van der Waals surface area contributed by atoms with Gasteiger partial charge < -0.3 is 10.6 Å². The number of aromatic nitrogens is 2. The van der Waals surface area contributed by atoms with Crippen LogP contribution in [-0.2, 0) is 6.42 Å². The molecule has 0 spiro atoms. The van der Waals surface area contributed by atoms with Crippen LogP contribution in [-0.4, -0.2) is 28.9 Å². The summed E-state index contributed by atoms with van der Waals surface area (Å²) in [5.41, 5.74) is 15.2. The van der Waals surface area contributed by atoms with E-state index in [1.54, 1.807) is 6.20 Å². The van der Waals surface area contributed by atoms with Gasteiger partial charge >= 0.3 is 0 Å². The van der Waals surface area contributed by atoms with Crippen molar-refractivity contribution in [1.29, 1.82) is 0 Å². The van der Waals surface area contributed by atoms with E-state index in [1.165, 1.54) is 5.56 Å². The third kappa shape index (κ3) is 4.15. The van der Waals surface area contributed by atoms with Crippen molar-refractivity contribution >= 4 is 23.3 Å². The van der Waals surface area contributed by atoms with Gasteiger partial charge in [0, 0.05) is 19.3 Å². The lowest BCUT2D eigenvalue weighted by atomic mass is 9.90. The van der Waals surface area contributed by atoms with Crippen molar-refractivity contribution in [2.75, 3.05) is 28.7 Å². The van der Waals surface area contributed by atoms with Gasteiger partial charge in [-0.2, -0.15) is 4.98 Å². The van der Waals surface area contributed by atoms with E-state index in [1.807, 2.05) is 35.3 Å². The molecule has 5 rings (SSSR count). The Balaban J connectivity index is 1.26. The highest BCUT2D eigenvalue weighted by Crippen LogP contribution is 2.26. The summed E-state index contributed by atoms with van der Waals surface area (Å²) in [6, 6.07) is 20.6. The molecule has 2 aliphatic rings. The van der Waals surface area contributed by atoms with E-state index in [-0.39, 0.29) is 0 Å². The molecular weight excluding hydrogens is 388 g/mol. The predicted molar refractivity (Wildman–Crippen MR) is 123 cm³/mol. The van der Waals surface area contributed by atoms with Crippen molar-refractivity contribution in [1.82, 2.24) is 21.0 Å². The summed E-state index contributed by atoms with van der Waals surface area (Å²) in [6.45, 7) is 1.88. The van der Waals surface area contributed by atoms with Crippen LogP contribution in [0.15, 0.2) is 72.0 Å². The number of nitrogens with zero attached hydrogens (tertiary/aromatic N) is 5.